The minimum Gasteiger partial charge on any atom is -0.455 e. The number of furan rings is 1. The number of hydrogen-bond donors (Lipinski definition) is 0. The third kappa shape index (κ3) is 4.45. The highest BCUT2D eigenvalue weighted by Gasteiger charge is 2.48. The van der Waals surface area contributed by atoms with E-state index in [1.54, 1.807) is 6.07 Å². The fraction of sp³-hybridized carbons (Fsp3) is 0.0208. The summed E-state index contributed by atoms with van der Waals surface area (Å²) in [6.07, 6.45) is 0. The number of nitrogens with zero attached hydrogens (tertiary/aromatic N) is 1. The van der Waals surface area contributed by atoms with E-state index in [0.717, 1.165) is 89.0 Å². The van der Waals surface area contributed by atoms with Crippen LogP contribution in [0.4, 0.5) is 4.39 Å². The van der Waals surface area contributed by atoms with Crippen LogP contribution in [0.1, 0.15) is 22.3 Å². The van der Waals surface area contributed by atoms with Crippen molar-refractivity contribution in [3.05, 3.63) is 210 Å². The van der Waals surface area contributed by atoms with Gasteiger partial charge >= 0.3 is 0 Å². The quantitative estimate of drug-likeness (QED) is 0.184. The molecule has 9 aromatic rings. The molecule has 7 aromatic carbocycles. The Hall–Kier alpha value is -6.58. The fourth-order valence-electron chi connectivity index (χ4n) is 8.25. The smallest absolute Gasteiger partial charge is 0.144 e. The van der Waals surface area contributed by atoms with Crippen molar-refractivity contribution in [2.24, 2.45) is 0 Å². The first-order valence-corrected chi connectivity index (χ1v) is 17.2. The molecule has 51 heavy (non-hydrogen) atoms. The van der Waals surface area contributed by atoms with E-state index in [4.69, 9.17) is 9.40 Å². The molecule has 0 N–H and O–H groups in total. The maximum atomic E-state index is 15.3. The predicted molar refractivity (Wildman–Crippen MR) is 205 cm³/mol. The molecule has 0 amide bonds. The summed E-state index contributed by atoms with van der Waals surface area (Å²) in [4.78, 5) is 5.02. The van der Waals surface area contributed by atoms with Crippen LogP contribution in [-0.2, 0) is 5.41 Å². The van der Waals surface area contributed by atoms with E-state index in [-0.39, 0.29) is 5.82 Å². The summed E-state index contributed by atoms with van der Waals surface area (Å²) in [7, 11) is 0. The van der Waals surface area contributed by atoms with Gasteiger partial charge in [0.15, 0.2) is 0 Å². The summed E-state index contributed by atoms with van der Waals surface area (Å²) in [5.74, 6) is -0.265. The Morgan fingerprint density at radius 2 is 1.10 bits per heavy atom. The zero-order valence-electron chi connectivity index (χ0n) is 27.6. The third-order valence-corrected chi connectivity index (χ3v) is 10.4. The van der Waals surface area contributed by atoms with Gasteiger partial charge in [-0.3, -0.25) is 0 Å². The van der Waals surface area contributed by atoms with Crippen LogP contribution in [0.5, 0.6) is 0 Å². The van der Waals surface area contributed by atoms with Crippen LogP contribution in [0.25, 0.3) is 66.7 Å². The molecule has 240 valence electrons. The Bertz CT molecular complexity index is 2750. The van der Waals surface area contributed by atoms with Gasteiger partial charge in [-0.25, -0.2) is 9.37 Å². The topological polar surface area (TPSA) is 26.0 Å². The third-order valence-electron chi connectivity index (χ3n) is 10.4. The molecule has 0 aliphatic heterocycles. The summed E-state index contributed by atoms with van der Waals surface area (Å²) in [5.41, 5.74) is 13.3. The van der Waals surface area contributed by atoms with E-state index in [2.05, 4.69) is 121 Å². The van der Waals surface area contributed by atoms with E-state index in [9.17, 15) is 0 Å². The van der Waals surface area contributed by atoms with Crippen molar-refractivity contribution in [3.63, 3.8) is 0 Å². The van der Waals surface area contributed by atoms with E-state index >= 15 is 4.39 Å². The average molecular weight is 656 g/mol. The predicted octanol–water partition coefficient (Wildman–Crippen LogP) is 12.5. The average Bonchev–Trinajstić information content (AvgIpc) is 3.73. The van der Waals surface area contributed by atoms with Crippen molar-refractivity contribution in [1.29, 1.82) is 0 Å². The summed E-state index contributed by atoms with van der Waals surface area (Å²) in [6, 6.07) is 61.8. The highest BCUT2D eigenvalue weighted by atomic mass is 19.1. The molecule has 3 heteroatoms. The number of benzene rings is 7. The van der Waals surface area contributed by atoms with Gasteiger partial charge in [0.2, 0.25) is 0 Å². The van der Waals surface area contributed by atoms with E-state index < -0.39 is 5.41 Å². The maximum Gasteiger partial charge on any atom is 0.144 e. The molecule has 1 atom stereocenters. The van der Waals surface area contributed by atoms with Gasteiger partial charge in [-0.05, 0) is 75.3 Å². The number of para-hydroxylation sites is 1. The molecule has 10 rings (SSSR count). The van der Waals surface area contributed by atoms with Gasteiger partial charge in [0.05, 0.1) is 16.8 Å². The van der Waals surface area contributed by atoms with Crippen LogP contribution in [0.3, 0.4) is 0 Å². The fourth-order valence-corrected chi connectivity index (χ4v) is 8.25. The summed E-state index contributed by atoms with van der Waals surface area (Å²) in [5, 5.41) is 2.13. The lowest BCUT2D eigenvalue weighted by atomic mass is 9.67. The Morgan fingerprint density at radius 1 is 0.471 bits per heavy atom. The molecule has 0 bridgehead atoms. The summed E-state index contributed by atoms with van der Waals surface area (Å²) < 4.78 is 22.1. The highest BCUT2D eigenvalue weighted by Crippen LogP contribution is 2.60. The lowest BCUT2D eigenvalue weighted by Crippen LogP contribution is -2.28. The van der Waals surface area contributed by atoms with Crippen LogP contribution in [-0.4, -0.2) is 4.98 Å². The number of aromatic nitrogens is 1. The van der Waals surface area contributed by atoms with E-state index in [1.165, 1.54) is 6.07 Å². The molecule has 0 saturated carbocycles. The molecule has 0 fully saturated rings. The second-order valence-corrected chi connectivity index (χ2v) is 13.2. The molecule has 1 aliphatic rings. The van der Waals surface area contributed by atoms with Crippen LogP contribution in [0, 0.1) is 5.82 Å². The minimum atomic E-state index is -0.779. The van der Waals surface area contributed by atoms with Crippen molar-refractivity contribution in [1.82, 2.24) is 4.98 Å². The SMILES string of the molecule is Fc1cccc(C2(c3ccccc3)c3ccccc3-c3c2cc(-c2ccc(-c4cccc(-c5ccccc5)n4)cc2)c2c3oc3ccccc32)c1. The van der Waals surface area contributed by atoms with Gasteiger partial charge in [0.25, 0.3) is 0 Å². The van der Waals surface area contributed by atoms with Crippen molar-refractivity contribution in [2.75, 3.05) is 0 Å². The Kier molecular flexibility index (Phi) is 6.62. The van der Waals surface area contributed by atoms with Crippen molar-refractivity contribution < 1.29 is 8.81 Å². The second kappa shape index (κ2) is 11.5. The van der Waals surface area contributed by atoms with E-state index in [1.807, 2.05) is 48.5 Å². The van der Waals surface area contributed by atoms with E-state index in [0.29, 0.717) is 0 Å². The normalized spacial score (nSPS) is 14.8. The summed E-state index contributed by atoms with van der Waals surface area (Å²) >= 11 is 0. The Balaban J connectivity index is 1.25. The van der Waals surface area contributed by atoms with Gasteiger partial charge in [0.1, 0.15) is 17.0 Å². The zero-order valence-corrected chi connectivity index (χ0v) is 27.6. The molecular weight excluding hydrogens is 626 g/mol. The van der Waals surface area contributed by atoms with Crippen molar-refractivity contribution in [2.45, 2.75) is 5.41 Å². The molecular formula is C48H30FNO. The van der Waals surface area contributed by atoms with Crippen LogP contribution >= 0.6 is 0 Å². The number of halogens is 1. The monoisotopic (exact) mass is 655 g/mol. The standard InChI is InChI=1S/C48H30FNO/c49-36-18-11-17-35(29-36)48(34-15-5-2-6-16-34)40-21-9-7-19-37(40)46-41(48)30-39(45-38-20-8-10-24-44(38)51-47(45)46)31-25-27-33(28-26-31)43-23-12-22-42(50-43)32-13-3-1-4-14-32/h1-30H. The van der Waals surface area contributed by atoms with Crippen molar-refractivity contribution in [3.8, 4) is 44.8 Å². The zero-order chi connectivity index (χ0) is 33.9. The molecule has 1 unspecified atom stereocenters. The van der Waals surface area contributed by atoms with Crippen LogP contribution in [0.15, 0.2) is 186 Å². The molecule has 0 saturated heterocycles. The van der Waals surface area contributed by atoms with Gasteiger partial charge < -0.3 is 4.42 Å². The Labute approximate surface area is 295 Å². The molecule has 2 nitrogen and oxygen atoms in total. The Morgan fingerprint density at radius 3 is 1.88 bits per heavy atom. The number of rotatable bonds is 5. The van der Waals surface area contributed by atoms with Crippen LogP contribution in [0.2, 0.25) is 0 Å². The first kappa shape index (κ1) is 29.3. The van der Waals surface area contributed by atoms with Crippen molar-refractivity contribution >= 4 is 21.9 Å². The highest BCUT2D eigenvalue weighted by molar-refractivity contribution is 6.18. The molecule has 2 heterocycles. The molecule has 1 aliphatic carbocycles. The summed E-state index contributed by atoms with van der Waals surface area (Å²) in [6.45, 7) is 0. The van der Waals surface area contributed by atoms with Crippen LogP contribution < -0.4 is 0 Å². The molecule has 2 aromatic heterocycles. The minimum absolute atomic E-state index is 0.265. The lowest BCUT2D eigenvalue weighted by molar-refractivity contribution is 0.620. The molecule has 0 spiro atoms. The largest absolute Gasteiger partial charge is 0.455 e. The first-order valence-electron chi connectivity index (χ1n) is 17.2. The van der Waals surface area contributed by atoms with Gasteiger partial charge in [0, 0.05) is 27.5 Å². The maximum absolute atomic E-state index is 15.3. The van der Waals surface area contributed by atoms with Gasteiger partial charge in [-0.15, -0.1) is 0 Å². The second-order valence-electron chi connectivity index (χ2n) is 13.2. The lowest BCUT2D eigenvalue weighted by Gasteiger charge is -2.34. The number of fused-ring (bicyclic) bond motifs is 7. The first-order chi connectivity index (χ1) is 25.2. The number of pyridine rings is 1. The van der Waals surface area contributed by atoms with Gasteiger partial charge in [-0.1, -0.05) is 146 Å². The van der Waals surface area contributed by atoms with Gasteiger partial charge in [-0.2, -0.15) is 0 Å². The molecule has 0 radical (unpaired) electrons. The number of hydrogen-bond acceptors (Lipinski definition) is 2.